The molecule has 6 heteroatoms. The van der Waals surface area contributed by atoms with Crippen molar-refractivity contribution in [3.63, 3.8) is 0 Å². The number of hydrogen-bond donors (Lipinski definition) is 2. The lowest BCUT2D eigenvalue weighted by Crippen LogP contribution is -2.12. The second-order valence-corrected chi connectivity index (χ2v) is 5.71. The Kier molecular flexibility index (Phi) is 3.91. The average molecular weight is 280 g/mol. The molecule has 0 radical (unpaired) electrons. The van der Waals surface area contributed by atoms with Crippen molar-refractivity contribution in [3.8, 4) is 0 Å². The Morgan fingerprint density at radius 3 is 2.29 bits per heavy atom. The summed E-state index contributed by atoms with van der Waals surface area (Å²) in [6.45, 7) is -0.0501. The van der Waals surface area contributed by atoms with Crippen LogP contribution in [0.4, 0.5) is 5.69 Å². The topological polar surface area (TPSA) is 66.4 Å². The van der Waals surface area contributed by atoms with Gasteiger partial charge in [0, 0.05) is 5.69 Å². The summed E-state index contributed by atoms with van der Waals surface area (Å²) in [4.78, 5) is 0. The molecule has 0 fully saturated rings. The van der Waals surface area contributed by atoms with Crippen LogP contribution in [0.1, 0.15) is 5.56 Å². The zero-order valence-corrected chi connectivity index (χ0v) is 9.68. The maximum absolute atomic E-state index is 11.1. The number of halogens is 1. The summed E-state index contributed by atoms with van der Waals surface area (Å²) >= 11 is 2.87. The first-order chi connectivity index (χ1) is 6.57. The first kappa shape index (κ1) is 11.5. The van der Waals surface area contributed by atoms with Gasteiger partial charge >= 0.3 is 0 Å². The fraction of sp³-hybridized carbons (Fsp3) is 0.250. The first-order valence-electron chi connectivity index (χ1n) is 3.83. The summed E-state index contributed by atoms with van der Waals surface area (Å²) in [5, 5.41) is 8.76. The van der Waals surface area contributed by atoms with Crippen molar-refractivity contribution < 1.29 is 13.5 Å². The van der Waals surface area contributed by atoms with Crippen LogP contribution in [-0.4, -0.2) is 18.2 Å². The van der Waals surface area contributed by atoms with Crippen molar-refractivity contribution in [2.75, 3.05) is 9.38 Å². The standard InChI is InChI=1S/C8H10BrNO3S/c9-6-14(12,13)10-8-3-1-7(5-11)2-4-8/h1-4,10-11H,5-6H2. The van der Waals surface area contributed by atoms with Gasteiger partial charge in [0.1, 0.15) is 4.66 Å². The second-order valence-electron chi connectivity index (χ2n) is 2.68. The normalized spacial score (nSPS) is 11.3. The SMILES string of the molecule is O=S(=O)(CBr)Nc1ccc(CO)cc1. The highest BCUT2D eigenvalue weighted by Crippen LogP contribution is 2.11. The lowest BCUT2D eigenvalue weighted by molar-refractivity contribution is 0.282. The summed E-state index contributed by atoms with van der Waals surface area (Å²) in [7, 11) is -3.29. The second kappa shape index (κ2) is 4.77. The maximum Gasteiger partial charge on any atom is 0.242 e. The van der Waals surface area contributed by atoms with Gasteiger partial charge in [0.2, 0.25) is 10.0 Å². The average Bonchev–Trinajstić information content (AvgIpc) is 2.19. The molecular weight excluding hydrogens is 270 g/mol. The summed E-state index contributed by atoms with van der Waals surface area (Å²) in [5.74, 6) is 0. The molecule has 14 heavy (non-hydrogen) atoms. The largest absolute Gasteiger partial charge is 0.392 e. The molecule has 2 N–H and O–H groups in total. The highest BCUT2D eigenvalue weighted by molar-refractivity contribution is 9.10. The molecule has 0 amide bonds. The van der Waals surface area contributed by atoms with Crippen LogP contribution in [0.5, 0.6) is 0 Å². The molecule has 0 unspecified atom stereocenters. The number of aliphatic hydroxyl groups excluding tert-OH is 1. The molecule has 0 spiro atoms. The van der Waals surface area contributed by atoms with Crippen LogP contribution in [0.15, 0.2) is 24.3 Å². The summed E-state index contributed by atoms with van der Waals surface area (Å²) < 4.78 is 24.5. The predicted molar refractivity (Wildman–Crippen MR) is 58.7 cm³/mol. The number of hydrogen-bond acceptors (Lipinski definition) is 3. The Morgan fingerprint density at radius 1 is 1.29 bits per heavy atom. The minimum Gasteiger partial charge on any atom is -0.392 e. The number of nitrogens with one attached hydrogen (secondary N) is 1. The van der Waals surface area contributed by atoms with Gasteiger partial charge in [0.05, 0.1) is 6.61 Å². The molecule has 0 heterocycles. The van der Waals surface area contributed by atoms with E-state index in [0.29, 0.717) is 5.69 Å². The van der Waals surface area contributed by atoms with E-state index in [1.165, 1.54) is 0 Å². The third kappa shape index (κ3) is 3.28. The minimum atomic E-state index is -3.29. The van der Waals surface area contributed by atoms with E-state index in [0.717, 1.165) is 5.56 Å². The molecule has 0 saturated carbocycles. The van der Waals surface area contributed by atoms with Crippen molar-refractivity contribution in [1.29, 1.82) is 0 Å². The molecule has 1 aromatic rings. The van der Waals surface area contributed by atoms with Gasteiger partial charge in [-0.2, -0.15) is 0 Å². The van der Waals surface area contributed by atoms with Crippen molar-refractivity contribution >= 4 is 31.6 Å². The summed E-state index contributed by atoms with van der Waals surface area (Å²) in [6.07, 6.45) is 0. The van der Waals surface area contributed by atoms with Crippen LogP contribution >= 0.6 is 15.9 Å². The van der Waals surface area contributed by atoms with E-state index in [-0.39, 0.29) is 11.3 Å². The van der Waals surface area contributed by atoms with Crippen LogP contribution < -0.4 is 4.72 Å². The van der Waals surface area contributed by atoms with E-state index in [4.69, 9.17) is 5.11 Å². The Bertz CT molecular complexity index is 388. The third-order valence-corrected chi connectivity index (χ3v) is 4.20. The van der Waals surface area contributed by atoms with E-state index in [9.17, 15) is 8.42 Å². The van der Waals surface area contributed by atoms with Crippen molar-refractivity contribution in [1.82, 2.24) is 0 Å². The molecular formula is C8H10BrNO3S. The third-order valence-electron chi connectivity index (χ3n) is 1.55. The Hall–Kier alpha value is -0.590. The first-order valence-corrected chi connectivity index (χ1v) is 6.61. The molecule has 0 aromatic heterocycles. The van der Waals surface area contributed by atoms with Crippen molar-refractivity contribution in [3.05, 3.63) is 29.8 Å². The fourth-order valence-corrected chi connectivity index (χ4v) is 1.78. The number of alkyl halides is 1. The molecule has 0 atom stereocenters. The van der Waals surface area contributed by atoms with Gasteiger partial charge < -0.3 is 5.11 Å². The van der Waals surface area contributed by atoms with Crippen LogP contribution in [0.3, 0.4) is 0 Å². The maximum atomic E-state index is 11.1. The lowest BCUT2D eigenvalue weighted by Gasteiger charge is -2.05. The molecule has 0 saturated heterocycles. The molecule has 0 aliphatic carbocycles. The van der Waals surface area contributed by atoms with E-state index in [1.807, 2.05) is 0 Å². The van der Waals surface area contributed by atoms with Gasteiger partial charge in [-0.15, -0.1) is 0 Å². The summed E-state index contributed by atoms with van der Waals surface area (Å²) in [5.41, 5.74) is 1.23. The van der Waals surface area contributed by atoms with Crippen LogP contribution in [-0.2, 0) is 16.6 Å². The van der Waals surface area contributed by atoms with Crippen LogP contribution in [0.2, 0.25) is 0 Å². The highest BCUT2D eigenvalue weighted by Gasteiger charge is 2.06. The minimum absolute atomic E-state index is 0.0501. The molecule has 78 valence electrons. The molecule has 0 aliphatic heterocycles. The lowest BCUT2D eigenvalue weighted by atomic mass is 10.2. The monoisotopic (exact) mass is 279 g/mol. The Labute approximate surface area is 91.1 Å². The molecule has 1 rings (SSSR count). The fourth-order valence-electron chi connectivity index (χ4n) is 0.885. The van der Waals surface area contributed by atoms with Gasteiger partial charge in [-0.25, -0.2) is 8.42 Å². The van der Waals surface area contributed by atoms with Gasteiger partial charge in [-0.1, -0.05) is 28.1 Å². The number of aliphatic hydroxyl groups is 1. The van der Waals surface area contributed by atoms with Crippen molar-refractivity contribution in [2.24, 2.45) is 0 Å². The number of rotatable bonds is 4. The van der Waals surface area contributed by atoms with E-state index in [2.05, 4.69) is 20.7 Å². The number of anilines is 1. The van der Waals surface area contributed by atoms with Gasteiger partial charge in [-0.05, 0) is 17.7 Å². The van der Waals surface area contributed by atoms with Crippen molar-refractivity contribution in [2.45, 2.75) is 6.61 Å². The van der Waals surface area contributed by atoms with E-state index >= 15 is 0 Å². The van der Waals surface area contributed by atoms with Gasteiger partial charge in [0.15, 0.2) is 0 Å². The zero-order valence-electron chi connectivity index (χ0n) is 7.27. The quantitative estimate of drug-likeness (QED) is 0.816. The molecule has 0 aliphatic rings. The van der Waals surface area contributed by atoms with Crippen LogP contribution in [0.25, 0.3) is 0 Å². The predicted octanol–water partition coefficient (Wildman–Crippen LogP) is 1.27. The van der Waals surface area contributed by atoms with E-state index < -0.39 is 10.0 Å². The number of sulfonamides is 1. The molecule has 4 nitrogen and oxygen atoms in total. The smallest absolute Gasteiger partial charge is 0.242 e. The Morgan fingerprint density at radius 2 is 1.86 bits per heavy atom. The zero-order chi connectivity index (χ0) is 10.6. The Balaban J connectivity index is 2.79. The highest BCUT2D eigenvalue weighted by atomic mass is 79.9. The molecule has 1 aromatic carbocycles. The van der Waals surface area contributed by atoms with Gasteiger partial charge in [-0.3, -0.25) is 4.72 Å². The molecule has 0 bridgehead atoms. The van der Waals surface area contributed by atoms with Gasteiger partial charge in [0.25, 0.3) is 0 Å². The number of benzene rings is 1. The van der Waals surface area contributed by atoms with Crippen LogP contribution in [0, 0.1) is 0 Å². The van der Waals surface area contributed by atoms with E-state index in [1.54, 1.807) is 24.3 Å². The summed E-state index contributed by atoms with van der Waals surface area (Å²) in [6, 6.07) is 6.52.